The molecule has 4 aromatic carbocycles. The van der Waals surface area contributed by atoms with Crippen molar-refractivity contribution < 1.29 is 44.1 Å². The number of aromatic hydroxyl groups is 1. The van der Waals surface area contributed by atoms with Crippen molar-refractivity contribution in [1.82, 2.24) is 31.1 Å². The second kappa shape index (κ2) is 21.8. The first kappa shape index (κ1) is 50.5. The van der Waals surface area contributed by atoms with E-state index in [4.69, 9.17) is 11.5 Å². The van der Waals surface area contributed by atoms with Crippen molar-refractivity contribution >= 4 is 59.1 Å². The first-order valence-corrected chi connectivity index (χ1v) is 23.5. The molecule has 4 saturated heterocycles. The summed E-state index contributed by atoms with van der Waals surface area (Å²) in [4.78, 5) is 74.9. The highest BCUT2D eigenvalue weighted by Gasteiger charge is 2.65. The van der Waals surface area contributed by atoms with Gasteiger partial charge in [0.2, 0.25) is 23.6 Å². The van der Waals surface area contributed by atoms with Crippen molar-refractivity contribution in [3.05, 3.63) is 138 Å². The van der Waals surface area contributed by atoms with Gasteiger partial charge in [-0.15, -0.1) is 23.5 Å². The molecule has 8 atom stereocenters. The maximum Gasteiger partial charge on any atom is 0.327 e. The minimum Gasteiger partial charge on any atom is -0.508 e. The van der Waals surface area contributed by atoms with Crippen LogP contribution in [0.1, 0.15) is 62.0 Å². The number of carboxylic acid groups (broad SMARTS) is 2. The molecule has 0 aromatic heterocycles. The number of benzene rings is 4. The second-order valence-corrected chi connectivity index (χ2v) is 21.0. The number of phenolic OH excluding ortho intramolecular Hbond substituents is 1. The molecule has 4 aliphatic heterocycles. The molecule has 356 valence electrons. The SMILES string of the molecule is CC1(C)S[C@@H]2[C@H](NC(=O)[C@H](N)c3ccc(O)cc3)C(=O)N2[C@H]1C(=O)O.CC1(C)S[C@@H]2[C@H](NC(=O)[C@H](N)c3ccccc3)C(=O)N2[C@H]1C(=O)O.c1ccc(CNCCNCc2ccccc2)cc1. The summed E-state index contributed by atoms with van der Waals surface area (Å²) < 4.78 is -1.27. The summed E-state index contributed by atoms with van der Waals surface area (Å²) in [7, 11) is 0. The number of carbonyl (C=O) groups excluding carboxylic acids is 4. The van der Waals surface area contributed by atoms with Crippen LogP contribution in [-0.4, -0.2) is 118 Å². The minimum absolute atomic E-state index is 0.0606. The van der Waals surface area contributed by atoms with E-state index in [2.05, 4.69) is 69.8 Å². The lowest BCUT2D eigenvalue weighted by atomic mass is 9.95. The first-order valence-electron chi connectivity index (χ1n) is 21.7. The molecule has 67 heavy (non-hydrogen) atoms. The fraction of sp³-hybridized carbons (Fsp3) is 0.375. The van der Waals surface area contributed by atoms with E-state index in [1.165, 1.54) is 68.7 Å². The molecule has 4 aromatic rings. The van der Waals surface area contributed by atoms with Gasteiger partial charge in [0.15, 0.2) is 0 Å². The summed E-state index contributed by atoms with van der Waals surface area (Å²) in [5.74, 6) is -3.79. The number of hydrogen-bond donors (Lipinski definition) is 9. The number of β-lactam (4-membered cyclic amide) rings is 2. The second-order valence-electron chi connectivity index (χ2n) is 17.5. The van der Waals surface area contributed by atoms with Crippen LogP contribution >= 0.6 is 23.5 Å². The molecular formula is C48H58N8O9S2. The number of hydrogen-bond acceptors (Lipinski definition) is 13. The van der Waals surface area contributed by atoms with Crippen LogP contribution in [0.2, 0.25) is 0 Å². The van der Waals surface area contributed by atoms with Gasteiger partial charge >= 0.3 is 11.9 Å². The van der Waals surface area contributed by atoms with Gasteiger partial charge in [-0.2, -0.15) is 0 Å². The van der Waals surface area contributed by atoms with Crippen LogP contribution in [-0.2, 0) is 41.9 Å². The maximum atomic E-state index is 12.3. The van der Waals surface area contributed by atoms with Crippen LogP contribution in [0.25, 0.3) is 0 Å². The number of fused-ring (bicyclic) bond motifs is 2. The molecule has 0 aliphatic carbocycles. The molecule has 0 radical (unpaired) electrons. The van der Waals surface area contributed by atoms with Crippen molar-refractivity contribution in [2.45, 2.75) is 97.3 Å². The lowest BCUT2D eigenvalue weighted by molar-refractivity contribution is -0.161. The summed E-state index contributed by atoms with van der Waals surface area (Å²) in [6.07, 6.45) is 0. The van der Waals surface area contributed by atoms with E-state index >= 15 is 0 Å². The Morgan fingerprint density at radius 1 is 0.582 bits per heavy atom. The number of thioether (sulfide) groups is 2. The van der Waals surface area contributed by atoms with E-state index in [-0.39, 0.29) is 17.0 Å². The number of carbonyl (C=O) groups is 6. The molecule has 4 amide bonds. The highest BCUT2D eigenvalue weighted by atomic mass is 32.2. The van der Waals surface area contributed by atoms with E-state index in [1.807, 2.05) is 18.2 Å². The molecule has 8 rings (SSSR count). The Bertz CT molecular complexity index is 2340. The van der Waals surface area contributed by atoms with Crippen LogP contribution in [0.4, 0.5) is 0 Å². The third-order valence-corrected chi connectivity index (χ3v) is 14.9. The third kappa shape index (κ3) is 11.8. The van der Waals surface area contributed by atoms with Gasteiger partial charge in [0.25, 0.3) is 0 Å². The molecule has 11 N–H and O–H groups in total. The van der Waals surface area contributed by atoms with Crippen LogP contribution in [0.15, 0.2) is 115 Å². The van der Waals surface area contributed by atoms with Crippen molar-refractivity contribution in [2.75, 3.05) is 13.1 Å². The summed E-state index contributed by atoms with van der Waals surface area (Å²) >= 11 is 2.74. The van der Waals surface area contributed by atoms with Gasteiger partial charge in [0, 0.05) is 35.7 Å². The number of phenols is 1. The summed E-state index contributed by atoms with van der Waals surface area (Å²) in [6, 6.07) is 30.5. The minimum atomic E-state index is -1.06. The standard InChI is InChI=1S/C16H19N3O5S.C16H19N3O4S.C16H20N2/c1-16(2)11(15(23)24)19-13(22)10(14(19)25-16)18-12(21)9(17)7-3-5-8(20)6-4-7;1-16(2)11(15(22)23)19-13(21)10(14(19)24-16)18-12(20)9(17)8-6-4-3-5-7-8;1-3-7-15(8-4-1)13-17-11-12-18-14-16-9-5-2-6-10-16/h3-6,9-11,14,20H,17H2,1-2H3,(H,18,21)(H,23,24);3-7,9-11,14H,17H2,1-2H3,(H,18,20)(H,22,23);1-10,17-18H,11-14H2/t2*9-,10-,11+,14-;/m11./s1. The smallest absolute Gasteiger partial charge is 0.327 e. The molecular weight excluding hydrogens is 897 g/mol. The van der Waals surface area contributed by atoms with Gasteiger partial charge < -0.3 is 57.9 Å². The van der Waals surface area contributed by atoms with E-state index in [9.17, 15) is 44.1 Å². The van der Waals surface area contributed by atoms with Crippen LogP contribution in [0, 0.1) is 0 Å². The molecule has 4 aliphatic rings. The first-order chi connectivity index (χ1) is 31.8. The fourth-order valence-corrected chi connectivity index (χ4v) is 11.5. The highest BCUT2D eigenvalue weighted by Crippen LogP contribution is 2.52. The number of carboxylic acids is 2. The van der Waals surface area contributed by atoms with Gasteiger partial charge in [-0.25, -0.2) is 9.59 Å². The zero-order valence-electron chi connectivity index (χ0n) is 37.6. The Labute approximate surface area is 397 Å². The van der Waals surface area contributed by atoms with E-state index < -0.39 is 80.8 Å². The normalized spacial score (nSPS) is 23.6. The maximum absolute atomic E-state index is 12.3. The Hall–Kier alpha value is -5.96. The number of aliphatic carboxylic acids is 2. The summed E-state index contributed by atoms with van der Waals surface area (Å²) in [5, 5.41) is 39.4. The largest absolute Gasteiger partial charge is 0.508 e. The quantitative estimate of drug-likeness (QED) is 0.0613. The molecule has 0 unspecified atom stereocenters. The van der Waals surface area contributed by atoms with Gasteiger partial charge in [-0.3, -0.25) is 19.2 Å². The number of nitrogens with two attached hydrogens (primary N) is 2. The lowest BCUT2D eigenvalue weighted by Gasteiger charge is -2.43. The number of amides is 4. The third-order valence-electron chi connectivity index (χ3n) is 11.7. The lowest BCUT2D eigenvalue weighted by Crippen LogP contribution is -2.71. The number of nitrogens with one attached hydrogen (secondary N) is 4. The Morgan fingerprint density at radius 3 is 1.28 bits per heavy atom. The van der Waals surface area contributed by atoms with Crippen molar-refractivity contribution in [3.8, 4) is 5.75 Å². The van der Waals surface area contributed by atoms with Crippen LogP contribution in [0.3, 0.4) is 0 Å². The highest BCUT2D eigenvalue weighted by molar-refractivity contribution is 8.02. The Morgan fingerprint density at radius 2 is 0.925 bits per heavy atom. The predicted molar refractivity (Wildman–Crippen MR) is 256 cm³/mol. The zero-order chi connectivity index (χ0) is 48.6. The number of rotatable bonds is 15. The Kier molecular flexibility index (Phi) is 16.4. The molecule has 0 spiro atoms. The van der Waals surface area contributed by atoms with Gasteiger partial charge in [-0.05, 0) is 62.1 Å². The van der Waals surface area contributed by atoms with Gasteiger partial charge in [-0.1, -0.05) is 103 Å². The summed E-state index contributed by atoms with van der Waals surface area (Å²) in [6.45, 7) is 11.0. The van der Waals surface area contributed by atoms with E-state index in [0.29, 0.717) is 11.1 Å². The monoisotopic (exact) mass is 954 g/mol. The average Bonchev–Trinajstić information content (AvgIpc) is 3.73. The summed E-state index contributed by atoms with van der Waals surface area (Å²) in [5.41, 5.74) is 15.7. The average molecular weight is 955 g/mol. The van der Waals surface area contributed by atoms with Gasteiger partial charge in [0.1, 0.15) is 52.7 Å². The molecule has 0 saturated carbocycles. The fourth-order valence-electron chi connectivity index (χ4n) is 8.26. The van der Waals surface area contributed by atoms with Crippen LogP contribution in [0.5, 0.6) is 5.75 Å². The molecule has 4 heterocycles. The van der Waals surface area contributed by atoms with Crippen molar-refractivity contribution in [1.29, 1.82) is 0 Å². The molecule has 4 fully saturated rings. The van der Waals surface area contributed by atoms with E-state index in [0.717, 1.165) is 26.2 Å². The number of nitrogens with zero attached hydrogens (tertiary/aromatic N) is 2. The predicted octanol–water partition coefficient (Wildman–Crippen LogP) is 2.91. The van der Waals surface area contributed by atoms with Crippen molar-refractivity contribution in [3.63, 3.8) is 0 Å². The molecule has 19 heteroatoms. The molecule has 17 nitrogen and oxygen atoms in total. The zero-order valence-corrected chi connectivity index (χ0v) is 39.2. The topological polar surface area (TPSA) is 270 Å². The molecule has 0 bridgehead atoms. The van der Waals surface area contributed by atoms with Crippen LogP contribution < -0.4 is 32.7 Å². The van der Waals surface area contributed by atoms with E-state index in [1.54, 1.807) is 52.0 Å². The van der Waals surface area contributed by atoms with Gasteiger partial charge in [0.05, 0.1) is 0 Å². The Balaban J connectivity index is 0.000000168. The van der Waals surface area contributed by atoms with Crippen molar-refractivity contribution in [2.24, 2.45) is 11.5 Å².